The van der Waals surface area contributed by atoms with Crippen molar-refractivity contribution < 1.29 is 9.53 Å². The number of aryl methyl sites for hydroxylation is 1. The van der Waals surface area contributed by atoms with E-state index in [2.05, 4.69) is 16.0 Å². The Hall–Kier alpha value is -3.12. The maximum atomic E-state index is 12.9. The van der Waals surface area contributed by atoms with Crippen molar-refractivity contribution in [2.45, 2.75) is 13.5 Å². The Morgan fingerprint density at radius 1 is 1.07 bits per heavy atom. The molecule has 0 saturated carbocycles. The van der Waals surface area contributed by atoms with Gasteiger partial charge in [0, 0.05) is 61.0 Å². The Morgan fingerprint density at radius 3 is 2.62 bits per heavy atom. The number of benzene rings is 2. The summed E-state index contributed by atoms with van der Waals surface area (Å²) in [6, 6.07) is 15.0. The van der Waals surface area contributed by atoms with Crippen molar-refractivity contribution in [3.05, 3.63) is 75.6 Å². The molecule has 1 aromatic heterocycles. The number of nitrogens with one attached hydrogen (secondary N) is 1. The number of methoxy groups -OCH3 is 1. The fourth-order valence-corrected chi connectivity index (χ4v) is 3.83. The standard InChI is InChI=1S/C23H25N3O3/c1-16-12-22(27)20-14-18(6-7-21(20)24-16)23(28)26-10-8-25(9-11-26)15-17-4-3-5-19(13-17)29-2/h3-7,12-14H,8-11,15H2,1-2H3,(H,24,27). The van der Waals surface area contributed by atoms with Crippen molar-refractivity contribution in [2.75, 3.05) is 33.3 Å². The second-order valence-electron chi connectivity index (χ2n) is 7.50. The van der Waals surface area contributed by atoms with Crippen LogP contribution in [0.15, 0.2) is 53.3 Å². The van der Waals surface area contributed by atoms with Crippen LogP contribution in [0.5, 0.6) is 5.75 Å². The van der Waals surface area contributed by atoms with Crippen LogP contribution in [0, 0.1) is 6.92 Å². The number of pyridine rings is 1. The highest BCUT2D eigenvalue weighted by Crippen LogP contribution is 2.17. The van der Waals surface area contributed by atoms with E-state index >= 15 is 0 Å². The normalized spacial score (nSPS) is 14.9. The first-order valence-electron chi connectivity index (χ1n) is 9.82. The smallest absolute Gasteiger partial charge is 0.253 e. The molecule has 4 rings (SSSR count). The van der Waals surface area contributed by atoms with Crippen LogP contribution in [-0.4, -0.2) is 54.0 Å². The summed E-state index contributed by atoms with van der Waals surface area (Å²) < 4.78 is 5.29. The average Bonchev–Trinajstić information content (AvgIpc) is 2.73. The van der Waals surface area contributed by atoms with Gasteiger partial charge in [-0.1, -0.05) is 12.1 Å². The maximum Gasteiger partial charge on any atom is 0.253 e. The molecule has 6 nitrogen and oxygen atoms in total. The van der Waals surface area contributed by atoms with E-state index in [4.69, 9.17) is 4.74 Å². The first-order valence-corrected chi connectivity index (χ1v) is 9.82. The summed E-state index contributed by atoms with van der Waals surface area (Å²) in [6.45, 7) is 5.66. The molecule has 0 spiro atoms. The SMILES string of the molecule is COc1cccc(CN2CCN(C(=O)c3ccc4[nH]c(C)cc(=O)c4c3)CC2)c1. The van der Waals surface area contributed by atoms with Crippen molar-refractivity contribution in [3.8, 4) is 5.75 Å². The molecular weight excluding hydrogens is 366 g/mol. The van der Waals surface area contributed by atoms with E-state index in [0.717, 1.165) is 36.6 Å². The lowest BCUT2D eigenvalue weighted by molar-refractivity contribution is 0.0628. The number of fused-ring (bicyclic) bond motifs is 1. The molecule has 1 N–H and O–H groups in total. The van der Waals surface area contributed by atoms with Gasteiger partial charge in [0.25, 0.3) is 5.91 Å². The lowest BCUT2D eigenvalue weighted by Gasteiger charge is -2.34. The molecule has 0 atom stereocenters. The van der Waals surface area contributed by atoms with E-state index in [0.29, 0.717) is 24.0 Å². The largest absolute Gasteiger partial charge is 0.497 e. The summed E-state index contributed by atoms with van der Waals surface area (Å²) in [5, 5.41) is 0.554. The summed E-state index contributed by atoms with van der Waals surface area (Å²) in [5.74, 6) is 0.839. The summed E-state index contributed by atoms with van der Waals surface area (Å²) >= 11 is 0. The predicted octanol–water partition coefficient (Wildman–Crippen LogP) is 2.80. The highest BCUT2D eigenvalue weighted by molar-refractivity contribution is 5.98. The van der Waals surface area contributed by atoms with Crippen molar-refractivity contribution in [1.82, 2.24) is 14.8 Å². The van der Waals surface area contributed by atoms with Gasteiger partial charge in [0.2, 0.25) is 0 Å². The molecule has 2 aromatic carbocycles. The molecule has 29 heavy (non-hydrogen) atoms. The molecule has 1 aliphatic rings. The molecule has 1 saturated heterocycles. The molecule has 3 aromatic rings. The minimum Gasteiger partial charge on any atom is -0.497 e. The molecule has 0 radical (unpaired) electrons. The molecule has 1 amide bonds. The minimum atomic E-state index is -0.0611. The number of H-pyrrole nitrogens is 1. The number of aromatic nitrogens is 1. The van der Waals surface area contributed by atoms with E-state index in [9.17, 15) is 9.59 Å². The predicted molar refractivity (Wildman–Crippen MR) is 113 cm³/mol. The quantitative estimate of drug-likeness (QED) is 0.743. The third-order valence-corrected chi connectivity index (χ3v) is 5.41. The number of nitrogens with zero attached hydrogens (tertiary/aromatic N) is 2. The highest BCUT2D eigenvalue weighted by Gasteiger charge is 2.22. The maximum absolute atomic E-state index is 12.9. The Kier molecular flexibility index (Phi) is 5.36. The zero-order valence-electron chi connectivity index (χ0n) is 16.8. The summed E-state index contributed by atoms with van der Waals surface area (Å²) in [7, 11) is 1.67. The van der Waals surface area contributed by atoms with Crippen LogP contribution in [-0.2, 0) is 6.54 Å². The minimum absolute atomic E-state index is 0.0205. The summed E-state index contributed by atoms with van der Waals surface area (Å²) in [4.78, 5) is 32.6. The van der Waals surface area contributed by atoms with E-state index in [1.807, 2.05) is 36.1 Å². The molecule has 150 valence electrons. The average molecular weight is 391 g/mol. The monoisotopic (exact) mass is 391 g/mol. The first-order chi connectivity index (χ1) is 14.0. The van der Waals surface area contributed by atoms with Crippen LogP contribution in [0.2, 0.25) is 0 Å². The third-order valence-electron chi connectivity index (χ3n) is 5.41. The molecular formula is C23H25N3O3. The lowest BCUT2D eigenvalue weighted by Crippen LogP contribution is -2.48. The first kappa shape index (κ1) is 19.2. The Balaban J connectivity index is 1.42. The van der Waals surface area contributed by atoms with Crippen LogP contribution >= 0.6 is 0 Å². The fourth-order valence-electron chi connectivity index (χ4n) is 3.83. The number of piperazine rings is 1. The number of hydrogen-bond donors (Lipinski definition) is 1. The molecule has 6 heteroatoms. The van der Waals surface area contributed by atoms with Gasteiger partial charge in [-0.2, -0.15) is 0 Å². The van der Waals surface area contributed by atoms with Crippen molar-refractivity contribution in [3.63, 3.8) is 0 Å². The van der Waals surface area contributed by atoms with Gasteiger partial charge in [0.15, 0.2) is 5.43 Å². The highest BCUT2D eigenvalue weighted by atomic mass is 16.5. The van der Waals surface area contributed by atoms with E-state index in [1.165, 1.54) is 5.56 Å². The topological polar surface area (TPSA) is 65.6 Å². The molecule has 1 aliphatic heterocycles. The van der Waals surface area contributed by atoms with E-state index in [1.54, 1.807) is 25.3 Å². The zero-order valence-corrected chi connectivity index (χ0v) is 16.8. The number of aromatic amines is 1. The molecule has 0 aliphatic carbocycles. The lowest BCUT2D eigenvalue weighted by atomic mass is 10.1. The number of carbonyl (C=O) groups is 1. The molecule has 2 heterocycles. The second-order valence-corrected chi connectivity index (χ2v) is 7.50. The third kappa shape index (κ3) is 4.17. The number of ether oxygens (including phenoxy) is 1. The molecule has 0 bridgehead atoms. The van der Waals surface area contributed by atoms with Gasteiger partial charge in [-0.3, -0.25) is 14.5 Å². The second kappa shape index (κ2) is 8.09. The zero-order chi connectivity index (χ0) is 20.4. The Labute approximate surface area is 169 Å². The van der Waals surface area contributed by atoms with Crippen LogP contribution in [0.1, 0.15) is 21.6 Å². The number of carbonyl (C=O) groups excluding carboxylic acids is 1. The van der Waals surface area contributed by atoms with Gasteiger partial charge in [-0.05, 0) is 42.8 Å². The summed E-state index contributed by atoms with van der Waals surface area (Å²) in [5.41, 5.74) is 3.28. The molecule has 1 fully saturated rings. The van der Waals surface area contributed by atoms with Gasteiger partial charge in [0.1, 0.15) is 5.75 Å². The van der Waals surface area contributed by atoms with Gasteiger partial charge < -0.3 is 14.6 Å². The van der Waals surface area contributed by atoms with Gasteiger partial charge in [0.05, 0.1) is 7.11 Å². The van der Waals surface area contributed by atoms with Gasteiger partial charge in [-0.15, -0.1) is 0 Å². The van der Waals surface area contributed by atoms with Crippen molar-refractivity contribution in [1.29, 1.82) is 0 Å². The van der Waals surface area contributed by atoms with Gasteiger partial charge in [-0.25, -0.2) is 0 Å². The number of hydrogen-bond acceptors (Lipinski definition) is 4. The number of amides is 1. The van der Waals surface area contributed by atoms with Gasteiger partial charge >= 0.3 is 0 Å². The van der Waals surface area contributed by atoms with Crippen LogP contribution in [0.3, 0.4) is 0 Å². The Bertz CT molecular complexity index is 1100. The summed E-state index contributed by atoms with van der Waals surface area (Å²) in [6.07, 6.45) is 0. The van der Waals surface area contributed by atoms with E-state index < -0.39 is 0 Å². The van der Waals surface area contributed by atoms with Crippen LogP contribution < -0.4 is 10.2 Å². The van der Waals surface area contributed by atoms with Crippen molar-refractivity contribution in [2.24, 2.45) is 0 Å². The van der Waals surface area contributed by atoms with E-state index in [-0.39, 0.29) is 11.3 Å². The van der Waals surface area contributed by atoms with Crippen LogP contribution in [0.4, 0.5) is 0 Å². The molecule has 0 unspecified atom stereocenters. The van der Waals surface area contributed by atoms with Crippen molar-refractivity contribution >= 4 is 16.8 Å². The Morgan fingerprint density at radius 2 is 1.86 bits per heavy atom. The number of rotatable bonds is 4. The fraction of sp³-hybridized carbons (Fsp3) is 0.304. The van der Waals surface area contributed by atoms with Crippen LogP contribution in [0.25, 0.3) is 10.9 Å².